The van der Waals surface area contributed by atoms with Crippen molar-refractivity contribution in [3.63, 3.8) is 0 Å². The fourth-order valence-electron chi connectivity index (χ4n) is 3.20. The van der Waals surface area contributed by atoms with Crippen molar-refractivity contribution in [2.45, 2.75) is 0 Å². The van der Waals surface area contributed by atoms with Gasteiger partial charge in [0.05, 0.1) is 0 Å². The van der Waals surface area contributed by atoms with Crippen molar-refractivity contribution in [2.75, 3.05) is 31.1 Å². The van der Waals surface area contributed by atoms with Gasteiger partial charge in [-0.15, -0.1) is 0 Å². The Labute approximate surface area is 160 Å². The second kappa shape index (κ2) is 7.26. The quantitative estimate of drug-likeness (QED) is 0.737. The van der Waals surface area contributed by atoms with Crippen molar-refractivity contribution in [3.05, 3.63) is 64.5 Å². The van der Waals surface area contributed by atoms with E-state index >= 15 is 0 Å². The Morgan fingerprint density at radius 3 is 2.46 bits per heavy atom. The molecular weight excluding hydrogens is 363 g/mol. The van der Waals surface area contributed by atoms with Gasteiger partial charge in [0, 0.05) is 45.0 Å². The molecule has 3 aromatic rings. The van der Waals surface area contributed by atoms with Gasteiger partial charge in [0.15, 0.2) is 0 Å². The molecule has 1 aliphatic rings. The molecule has 0 radical (unpaired) electrons. The number of aromatic nitrogens is 4. The molecule has 0 bridgehead atoms. The summed E-state index contributed by atoms with van der Waals surface area (Å²) in [5.74, 6) is -0.736. The summed E-state index contributed by atoms with van der Waals surface area (Å²) in [6.07, 6.45) is 1.72. The molecule has 144 valence electrons. The monoisotopic (exact) mass is 382 g/mol. The molecule has 0 spiro atoms. The number of aryl methyl sites for hydroxylation is 1. The predicted molar refractivity (Wildman–Crippen MR) is 102 cm³/mol. The number of aromatic amines is 1. The Hall–Kier alpha value is -3.49. The van der Waals surface area contributed by atoms with Crippen molar-refractivity contribution < 1.29 is 9.18 Å². The summed E-state index contributed by atoms with van der Waals surface area (Å²) in [6, 6.07) is 10.4. The Balaban J connectivity index is 1.53. The number of benzene rings is 1. The summed E-state index contributed by atoms with van der Waals surface area (Å²) in [4.78, 5) is 35.0. The first-order valence-electron chi connectivity index (χ1n) is 8.92. The van der Waals surface area contributed by atoms with Crippen molar-refractivity contribution >= 4 is 11.9 Å². The van der Waals surface area contributed by atoms with Crippen LogP contribution in [-0.4, -0.2) is 56.7 Å². The zero-order valence-electron chi connectivity index (χ0n) is 15.3. The van der Waals surface area contributed by atoms with Gasteiger partial charge >= 0.3 is 0 Å². The standard InChI is InChI=1S/C19H19FN6O2/c1-24-8-7-14(23-24)18(28)25-9-11-26(12-10-25)19-21-16(15(20)17(27)22-19)13-5-3-2-4-6-13/h2-8H,9-12H2,1H3,(H,21,22,27). The number of hydrogen-bond acceptors (Lipinski definition) is 5. The third-order valence-electron chi connectivity index (χ3n) is 4.70. The molecular formula is C19H19FN6O2. The second-order valence-electron chi connectivity index (χ2n) is 6.57. The van der Waals surface area contributed by atoms with E-state index in [9.17, 15) is 14.0 Å². The number of rotatable bonds is 3. The fourth-order valence-corrected chi connectivity index (χ4v) is 3.20. The molecule has 1 N–H and O–H groups in total. The zero-order chi connectivity index (χ0) is 19.7. The van der Waals surface area contributed by atoms with Crippen LogP contribution in [0.5, 0.6) is 0 Å². The predicted octanol–water partition coefficient (Wildman–Crippen LogP) is 1.27. The molecule has 9 heteroatoms. The van der Waals surface area contributed by atoms with E-state index in [2.05, 4.69) is 15.1 Å². The van der Waals surface area contributed by atoms with E-state index in [1.165, 1.54) is 0 Å². The summed E-state index contributed by atoms with van der Waals surface area (Å²) in [5.41, 5.74) is 0.147. The molecule has 1 saturated heterocycles. The maximum atomic E-state index is 14.3. The third kappa shape index (κ3) is 3.38. The first-order chi connectivity index (χ1) is 13.5. The molecule has 4 rings (SSSR count). The number of H-pyrrole nitrogens is 1. The molecule has 0 atom stereocenters. The van der Waals surface area contributed by atoms with Gasteiger partial charge in [-0.05, 0) is 6.07 Å². The minimum absolute atomic E-state index is 0.0198. The van der Waals surface area contributed by atoms with E-state index < -0.39 is 11.4 Å². The van der Waals surface area contributed by atoms with E-state index in [4.69, 9.17) is 0 Å². The van der Waals surface area contributed by atoms with Crippen molar-refractivity contribution in [1.29, 1.82) is 0 Å². The Morgan fingerprint density at radius 1 is 1.11 bits per heavy atom. The SMILES string of the molecule is Cn1ccc(C(=O)N2CCN(c3nc(-c4ccccc4)c(F)c(=O)[nH]3)CC2)n1. The van der Waals surface area contributed by atoms with Crippen LogP contribution < -0.4 is 10.5 Å². The highest BCUT2D eigenvalue weighted by Crippen LogP contribution is 2.21. The first kappa shape index (κ1) is 17.9. The Bertz CT molecular complexity index is 1050. The number of piperazine rings is 1. The van der Waals surface area contributed by atoms with E-state index in [-0.39, 0.29) is 11.6 Å². The molecule has 3 heterocycles. The van der Waals surface area contributed by atoms with Crippen LogP contribution in [0, 0.1) is 5.82 Å². The zero-order valence-corrected chi connectivity index (χ0v) is 15.3. The molecule has 0 unspecified atom stereocenters. The summed E-state index contributed by atoms with van der Waals surface area (Å²) < 4.78 is 15.9. The molecule has 0 aliphatic carbocycles. The van der Waals surface area contributed by atoms with Crippen molar-refractivity contribution in [2.24, 2.45) is 7.05 Å². The highest BCUT2D eigenvalue weighted by atomic mass is 19.1. The van der Waals surface area contributed by atoms with E-state index in [1.54, 1.807) is 53.2 Å². The number of halogens is 1. The van der Waals surface area contributed by atoms with Crippen LogP contribution >= 0.6 is 0 Å². The van der Waals surface area contributed by atoms with Crippen LogP contribution in [0.15, 0.2) is 47.4 Å². The highest BCUT2D eigenvalue weighted by molar-refractivity contribution is 5.92. The van der Waals surface area contributed by atoms with Crippen LogP contribution in [0.2, 0.25) is 0 Å². The molecule has 1 amide bonds. The summed E-state index contributed by atoms with van der Waals surface area (Å²) in [7, 11) is 1.76. The average Bonchev–Trinajstić information content (AvgIpc) is 3.16. The minimum Gasteiger partial charge on any atom is -0.339 e. The molecule has 28 heavy (non-hydrogen) atoms. The lowest BCUT2D eigenvalue weighted by Crippen LogP contribution is -2.49. The van der Waals surface area contributed by atoms with Gasteiger partial charge in [0.2, 0.25) is 11.8 Å². The summed E-state index contributed by atoms with van der Waals surface area (Å²) >= 11 is 0. The van der Waals surface area contributed by atoms with Crippen LogP contribution in [-0.2, 0) is 7.05 Å². The van der Waals surface area contributed by atoms with Crippen LogP contribution in [0.4, 0.5) is 10.3 Å². The van der Waals surface area contributed by atoms with Gasteiger partial charge in [-0.25, -0.2) is 4.98 Å². The molecule has 1 aromatic carbocycles. The van der Waals surface area contributed by atoms with E-state index in [0.717, 1.165) is 0 Å². The normalized spacial score (nSPS) is 14.4. The smallest absolute Gasteiger partial charge is 0.289 e. The lowest BCUT2D eigenvalue weighted by atomic mass is 10.1. The van der Waals surface area contributed by atoms with Crippen LogP contribution in [0.3, 0.4) is 0 Å². The minimum atomic E-state index is -0.904. The largest absolute Gasteiger partial charge is 0.339 e. The van der Waals surface area contributed by atoms with Gasteiger partial charge in [-0.2, -0.15) is 9.49 Å². The Morgan fingerprint density at radius 2 is 1.82 bits per heavy atom. The molecule has 8 nitrogen and oxygen atoms in total. The average molecular weight is 382 g/mol. The summed E-state index contributed by atoms with van der Waals surface area (Å²) in [6.45, 7) is 1.86. The molecule has 2 aromatic heterocycles. The number of amides is 1. The molecule has 1 aliphatic heterocycles. The van der Waals surface area contributed by atoms with Gasteiger partial charge < -0.3 is 9.80 Å². The second-order valence-corrected chi connectivity index (χ2v) is 6.57. The Kier molecular flexibility index (Phi) is 4.64. The summed E-state index contributed by atoms with van der Waals surface area (Å²) in [5, 5.41) is 4.14. The first-order valence-corrected chi connectivity index (χ1v) is 8.92. The topological polar surface area (TPSA) is 87.1 Å². The van der Waals surface area contributed by atoms with Gasteiger partial charge in [0.1, 0.15) is 11.4 Å². The number of carbonyl (C=O) groups excluding carboxylic acids is 1. The van der Waals surface area contributed by atoms with Crippen LogP contribution in [0.1, 0.15) is 10.5 Å². The number of nitrogens with zero attached hydrogens (tertiary/aromatic N) is 5. The van der Waals surface area contributed by atoms with Gasteiger partial charge in [-0.1, -0.05) is 30.3 Å². The molecule has 1 fully saturated rings. The van der Waals surface area contributed by atoms with Gasteiger partial charge in [-0.3, -0.25) is 19.3 Å². The maximum Gasteiger partial charge on any atom is 0.289 e. The molecule has 0 saturated carbocycles. The number of carbonyl (C=O) groups is 1. The lowest BCUT2D eigenvalue weighted by Gasteiger charge is -2.34. The van der Waals surface area contributed by atoms with E-state index in [1.807, 2.05) is 11.0 Å². The fraction of sp³-hybridized carbons (Fsp3) is 0.263. The van der Waals surface area contributed by atoms with Crippen molar-refractivity contribution in [1.82, 2.24) is 24.6 Å². The van der Waals surface area contributed by atoms with Crippen molar-refractivity contribution in [3.8, 4) is 11.3 Å². The number of nitrogens with one attached hydrogen (secondary N) is 1. The third-order valence-corrected chi connectivity index (χ3v) is 4.70. The lowest BCUT2D eigenvalue weighted by molar-refractivity contribution is 0.0739. The van der Waals surface area contributed by atoms with E-state index in [0.29, 0.717) is 43.4 Å². The highest BCUT2D eigenvalue weighted by Gasteiger charge is 2.25. The maximum absolute atomic E-state index is 14.3. The number of anilines is 1. The number of hydrogen-bond donors (Lipinski definition) is 1. The van der Waals surface area contributed by atoms with Gasteiger partial charge in [0.25, 0.3) is 11.5 Å². The van der Waals surface area contributed by atoms with Crippen LogP contribution in [0.25, 0.3) is 11.3 Å².